The summed E-state index contributed by atoms with van der Waals surface area (Å²) in [5.41, 5.74) is -0.808. The third-order valence-electron chi connectivity index (χ3n) is 1.87. The molecule has 0 radical (unpaired) electrons. The largest absolute Gasteiger partial charge is 0.402 e. The van der Waals surface area contributed by atoms with Crippen molar-refractivity contribution >= 4 is 31.6 Å². The van der Waals surface area contributed by atoms with Crippen LogP contribution in [0.25, 0.3) is 0 Å². The SMILES string of the molecule is O=[N+]([O-])c1ccc(Br)cc1S(=O)(=O)NCC(F)(F)F. The standard InChI is InChI=1S/C8H6BrF3N2O4S/c9-5-1-2-6(14(15)16)7(3-5)19(17,18)13-4-8(10,11)12/h1-3,13H,4H2. The second kappa shape index (κ2) is 5.43. The lowest BCUT2D eigenvalue weighted by Gasteiger charge is -2.09. The summed E-state index contributed by atoms with van der Waals surface area (Å²) >= 11 is 2.89. The highest BCUT2D eigenvalue weighted by molar-refractivity contribution is 9.10. The average molecular weight is 363 g/mol. The Kier molecular flexibility index (Phi) is 4.53. The number of benzene rings is 1. The lowest BCUT2D eigenvalue weighted by molar-refractivity contribution is -0.387. The van der Waals surface area contributed by atoms with Crippen molar-refractivity contribution in [2.24, 2.45) is 0 Å². The summed E-state index contributed by atoms with van der Waals surface area (Å²) in [5, 5.41) is 10.7. The molecular weight excluding hydrogens is 357 g/mol. The number of rotatable bonds is 4. The molecule has 0 aromatic heterocycles. The molecule has 0 aliphatic heterocycles. The molecule has 11 heteroatoms. The normalized spacial score (nSPS) is 12.4. The van der Waals surface area contributed by atoms with Crippen LogP contribution >= 0.6 is 15.9 Å². The summed E-state index contributed by atoms with van der Waals surface area (Å²) in [5.74, 6) is 0. The fourth-order valence-corrected chi connectivity index (χ4v) is 2.83. The fourth-order valence-electron chi connectivity index (χ4n) is 1.11. The number of halogens is 4. The highest BCUT2D eigenvalue weighted by Gasteiger charge is 2.32. The van der Waals surface area contributed by atoms with Crippen LogP contribution in [-0.2, 0) is 10.0 Å². The van der Waals surface area contributed by atoms with Gasteiger partial charge >= 0.3 is 6.18 Å². The second-order valence-corrected chi connectivity index (χ2v) is 5.96. The zero-order valence-corrected chi connectivity index (χ0v) is 11.3. The molecule has 0 unspecified atom stereocenters. The van der Waals surface area contributed by atoms with Gasteiger partial charge in [-0.15, -0.1) is 0 Å². The number of nitrogens with one attached hydrogen (secondary N) is 1. The van der Waals surface area contributed by atoms with Gasteiger partial charge in [0.2, 0.25) is 10.0 Å². The van der Waals surface area contributed by atoms with E-state index in [2.05, 4.69) is 15.9 Å². The maximum Gasteiger partial charge on any atom is 0.402 e. The molecule has 1 rings (SSSR count). The fraction of sp³-hybridized carbons (Fsp3) is 0.250. The molecule has 0 spiro atoms. The Morgan fingerprint density at radius 2 is 1.95 bits per heavy atom. The number of hydrogen-bond acceptors (Lipinski definition) is 4. The van der Waals surface area contributed by atoms with Crippen LogP contribution < -0.4 is 4.72 Å². The highest BCUT2D eigenvalue weighted by Crippen LogP contribution is 2.27. The first-order valence-electron chi connectivity index (χ1n) is 4.53. The van der Waals surface area contributed by atoms with E-state index in [4.69, 9.17) is 0 Å². The molecule has 1 aromatic carbocycles. The van der Waals surface area contributed by atoms with Crippen molar-refractivity contribution in [1.82, 2.24) is 4.72 Å². The van der Waals surface area contributed by atoms with Crippen LogP contribution in [0.5, 0.6) is 0 Å². The molecule has 0 saturated carbocycles. The summed E-state index contributed by atoms with van der Waals surface area (Å²) in [7, 11) is -4.63. The molecule has 0 heterocycles. The van der Waals surface area contributed by atoms with Gasteiger partial charge in [0.05, 0.1) is 4.92 Å². The third kappa shape index (κ3) is 4.44. The van der Waals surface area contributed by atoms with Crippen LogP contribution in [0.15, 0.2) is 27.6 Å². The van der Waals surface area contributed by atoms with Crippen LogP contribution in [0.4, 0.5) is 18.9 Å². The molecule has 0 fully saturated rings. The number of alkyl halides is 3. The summed E-state index contributed by atoms with van der Waals surface area (Å²) in [6, 6.07) is 2.95. The maximum absolute atomic E-state index is 12.0. The Morgan fingerprint density at radius 1 is 1.37 bits per heavy atom. The molecular formula is C8H6BrF3N2O4S. The molecule has 1 N–H and O–H groups in total. The van der Waals surface area contributed by atoms with E-state index in [1.807, 2.05) is 0 Å². The minimum Gasteiger partial charge on any atom is -0.258 e. The monoisotopic (exact) mass is 362 g/mol. The number of nitro groups is 1. The lowest BCUT2D eigenvalue weighted by atomic mass is 10.3. The van der Waals surface area contributed by atoms with Gasteiger partial charge in [0, 0.05) is 10.5 Å². The van der Waals surface area contributed by atoms with Gasteiger partial charge < -0.3 is 0 Å². The van der Waals surface area contributed by atoms with Crippen molar-refractivity contribution in [3.05, 3.63) is 32.8 Å². The van der Waals surface area contributed by atoms with Crippen LogP contribution in [-0.4, -0.2) is 26.1 Å². The molecule has 0 bridgehead atoms. The molecule has 0 saturated heterocycles. The van der Waals surface area contributed by atoms with E-state index in [1.54, 1.807) is 0 Å². The minimum absolute atomic E-state index is 0.186. The Morgan fingerprint density at radius 3 is 2.42 bits per heavy atom. The van der Waals surface area contributed by atoms with Gasteiger partial charge in [0.25, 0.3) is 5.69 Å². The molecule has 0 aliphatic rings. The summed E-state index contributed by atoms with van der Waals surface area (Å²) < 4.78 is 60.6. The number of sulfonamides is 1. The van der Waals surface area contributed by atoms with Crippen molar-refractivity contribution in [2.75, 3.05) is 6.54 Å². The van der Waals surface area contributed by atoms with E-state index in [0.29, 0.717) is 0 Å². The van der Waals surface area contributed by atoms with Crippen LogP contribution in [0, 0.1) is 10.1 Å². The Hall–Kier alpha value is -1.20. The van der Waals surface area contributed by atoms with Gasteiger partial charge in [-0.3, -0.25) is 10.1 Å². The minimum atomic E-state index is -4.76. The van der Waals surface area contributed by atoms with E-state index in [1.165, 1.54) is 10.8 Å². The van der Waals surface area contributed by atoms with Crippen molar-refractivity contribution in [2.45, 2.75) is 11.1 Å². The first-order chi connectivity index (χ1) is 8.53. The van der Waals surface area contributed by atoms with Crippen molar-refractivity contribution in [3.8, 4) is 0 Å². The first kappa shape index (κ1) is 15.9. The zero-order chi connectivity index (χ0) is 14.8. The molecule has 0 aliphatic carbocycles. The maximum atomic E-state index is 12.0. The quantitative estimate of drug-likeness (QED) is 0.656. The number of nitro benzene ring substituents is 1. The van der Waals surface area contributed by atoms with E-state index in [-0.39, 0.29) is 4.47 Å². The van der Waals surface area contributed by atoms with Crippen molar-refractivity contribution in [1.29, 1.82) is 0 Å². The van der Waals surface area contributed by atoms with E-state index in [0.717, 1.165) is 12.1 Å². The summed E-state index contributed by atoms with van der Waals surface area (Å²) in [6.45, 7) is -1.81. The molecule has 0 amide bonds. The molecule has 106 valence electrons. The second-order valence-electron chi connectivity index (χ2n) is 3.31. The van der Waals surface area contributed by atoms with Gasteiger partial charge in [0.1, 0.15) is 6.54 Å². The molecule has 19 heavy (non-hydrogen) atoms. The summed E-state index contributed by atoms with van der Waals surface area (Å²) in [6.07, 6.45) is -4.76. The van der Waals surface area contributed by atoms with Crippen LogP contribution in [0.2, 0.25) is 0 Å². The van der Waals surface area contributed by atoms with Crippen molar-refractivity contribution < 1.29 is 26.5 Å². The summed E-state index contributed by atoms with van der Waals surface area (Å²) in [4.78, 5) is 8.83. The Labute approximate surface area is 113 Å². The molecule has 0 atom stereocenters. The molecule has 1 aromatic rings. The predicted octanol–water partition coefficient (Wildman–Crippen LogP) is 2.20. The number of hydrogen-bond donors (Lipinski definition) is 1. The van der Waals surface area contributed by atoms with E-state index >= 15 is 0 Å². The zero-order valence-electron chi connectivity index (χ0n) is 8.94. The lowest BCUT2D eigenvalue weighted by Crippen LogP contribution is -2.34. The number of nitrogens with zero attached hydrogens (tertiary/aromatic N) is 1. The van der Waals surface area contributed by atoms with Gasteiger partial charge in [0.15, 0.2) is 4.90 Å². The van der Waals surface area contributed by atoms with Gasteiger partial charge in [-0.05, 0) is 12.1 Å². The van der Waals surface area contributed by atoms with Crippen LogP contribution in [0.1, 0.15) is 0 Å². The average Bonchev–Trinajstić information content (AvgIpc) is 2.25. The predicted molar refractivity (Wildman–Crippen MR) is 62.0 cm³/mol. The third-order valence-corrected chi connectivity index (χ3v) is 3.79. The van der Waals surface area contributed by atoms with Crippen LogP contribution in [0.3, 0.4) is 0 Å². The van der Waals surface area contributed by atoms with Gasteiger partial charge in [-0.1, -0.05) is 15.9 Å². The smallest absolute Gasteiger partial charge is 0.258 e. The van der Waals surface area contributed by atoms with Gasteiger partial charge in [-0.25, -0.2) is 13.1 Å². The first-order valence-corrected chi connectivity index (χ1v) is 6.81. The highest BCUT2D eigenvalue weighted by atomic mass is 79.9. The topological polar surface area (TPSA) is 89.3 Å². The molecule has 6 nitrogen and oxygen atoms in total. The van der Waals surface area contributed by atoms with E-state index in [9.17, 15) is 31.7 Å². The van der Waals surface area contributed by atoms with Crippen molar-refractivity contribution in [3.63, 3.8) is 0 Å². The Balaban J connectivity index is 3.21. The van der Waals surface area contributed by atoms with E-state index < -0.39 is 38.3 Å². The van der Waals surface area contributed by atoms with Gasteiger partial charge in [-0.2, -0.15) is 13.2 Å². The Bertz CT molecular complexity index is 603.